The smallest absolute Gasteiger partial charge is 0.0406 e. The van der Waals surface area contributed by atoms with Crippen LogP contribution in [-0.4, -0.2) is 37.6 Å². The van der Waals surface area contributed by atoms with E-state index in [0.29, 0.717) is 0 Å². The Kier molecular flexibility index (Phi) is 4.84. The number of hydrogen-bond donors (Lipinski definition) is 1. The number of piperidine rings is 1. The summed E-state index contributed by atoms with van der Waals surface area (Å²) in [5, 5.41) is 4.19. The third-order valence-corrected chi connectivity index (χ3v) is 3.88. The summed E-state index contributed by atoms with van der Waals surface area (Å²) in [4.78, 5) is 2.56. The molecule has 0 radical (unpaired) electrons. The summed E-state index contributed by atoms with van der Waals surface area (Å²) in [6, 6.07) is 8.93. The average Bonchev–Trinajstić information content (AvgIpc) is 2.39. The van der Waals surface area contributed by atoms with Crippen LogP contribution in [0.1, 0.15) is 18.4 Å². The molecule has 2 nitrogen and oxygen atoms in total. The highest BCUT2D eigenvalue weighted by Crippen LogP contribution is 2.13. The summed E-state index contributed by atoms with van der Waals surface area (Å²) in [7, 11) is 2.06. The lowest BCUT2D eigenvalue weighted by atomic mass is 10.0. The van der Waals surface area contributed by atoms with Gasteiger partial charge in [-0.2, -0.15) is 0 Å². The van der Waals surface area contributed by atoms with E-state index in [1.807, 2.05) is 12.1 Å². The van der Waals surface area contributed by atoms with Crippen LogP contribution in [0.5, 0.6) is 0 Å². The molecule has 3 heteroatoms. The van der Waals surface area contributed by atoms with Crippen molar-refractivity contribution in [3.63, 3.8) is 0 Å². The van der Waals surface area contributed by atoms with Gasteiger partial charge in [-0.1, -0.05) is 23.7 Å². The van der Waals surface area contributed by atoms with Gasteiger partial charge in [-0.3, -0.25) is 0 Å². The SMILES string of the molecule is CNC1CCN(CCc2ccc(Cl)cc2)CC1. The molecule has 1 N–H and O–H groups in total. The van der Waals surface area contributed by atoms with Crippen molar-refractivity contribution in [2.24, 2.45) is 0 Å². The third-order valence-electron chi connectivity index (χ3n) is 3.63. The van der Waals surface area contributed by atoms with Gasteiger partial charge in [-0.15, -0.1) is 0 Å². The molecule has 1 aliphatic heterocycles. The summed E-state index contributed by atoms with van der Waals surface area (Å²) in [6.07, 6.45) is 3.68. The summed E-state index contributed by atoms with van der Waals surface area (Å²) >= 11 is 5.88. The van der Waals surface area contributed by atoms with Gasteiger partial charge in [0, 0.05) is 17.6 Å². The molecule has 0 amide bonds. The maximum Gasteiger partial charge on any atom is 0.0406 e. The molecule has 0 aromatic heterocycles. The summed E-state index contributed by atoms with van der Waals surface area (Å²) in [6.45, 7) is 3.61. The largest absolute Gasteiger partial charge is 0.317 e. The second-order valence-corrected chi connectivity index (χ2v) is 5.22. The summed E-state index contributed by atoms with van der Waals surface area (Å²) in [5.74, 6) is 0. The van der Waals surface area contributed by atoms with Gasteiger partial charge in [-0.05, 0) is 57.1 Å². The molecule has 1 aromatic rings. The Hall–Kier alpha value is -0.570. The Morgan fingerprint density at radius 1 is 1.24 bits per heavy atom. The Balaban J connectivity index is 1.74. The van der Waals surface area contributed by atoms with Crippen LogP contribution in [0, 0.1) is 0 Å². The van der Waals surface area contributed by atoms with E-state index in [-0.39, 0.29) is 0 Å². The normalized spacial score (nSPS) is 18.5. The molecule has 17 heavy (non-hydrogen) atoms. The van der Waals surface area contributed by atoms with Crippen molar-refractivity contribution in [3.05, 3.63) is 34.9 Å². The second-order valence-electron chi connectivity index (χ2n) is 4.78. The van der Waals surface area contributed by atoms with Crippen molar-refractivity contribution in [3.8, 4) is 0 Å². The molecule has 2 rings (SSSR count). The van der Waals surface area contributed by atoms with Crippen LogP contribution in [-0.2, 0) is 6.42 Å². The molecule has 0 saturated carbocycles. The predicted octanol–water partition coefficient (Wildman–Crippen LogP) is 2.57. The first-order valence-electron chi connectivity index (χ1n) is 6.42. The highest BCUT2D eigenvalue weighted by molar-refractivity contribution is 6.30. The summed E-state index contributed by atoms with van der Waals surface area (Å²) < 4.78 is 0. The van der Waals surface area contributed by atoms with Crippen molar-refractivity contribution in [2.75, 3.05) is 26.7 Å². The highest BCUT2D eigenvalue weighted by Gasteiger charge is 2.16. The first-order chi connectivity index (χ1) is 8.28. The van der Waals surface area contributed by atoms with Crippen molar-refractivity contribution >= 4 is 11.6 Å². The first-order valence-corrected chi connectivity index (χ1v) is 6.80. The van der Waals surface area contributed by atoms with Crippen LogP contribution in [0.15, 0.2) is 24.3 Å². The van der Waals surface area contributed by atoms with Crippen LogP contribution in [0.4, 0.5) is 0 Å². The van der Waals surface area contributed by atoms with E-state index in [4.69, 9.17) is 11.6 Å². The molecule has 1 aromatic carbocycles. The lowest BCUT2D eigenvalue weighted by molar-refractivity contribution is 0.204. The zero-order valence-electron chi connectivity index (χ0n) is 10.5. The standard InChI is InChI=1S/C14H21ClN2/c1-16-14-7-10-17(11-8-14)9-6-12-2-4-13(15)5-3-12/h2-5,14,16H,6-11H2,1H3. The van der Waals surface area contributed by atoms with Gasteiger partial charge in [-0.25, -0.2) is 0 Å². The average molecular weight is 253 g/mol. The van der Waals surface area contributed by atoms with Gasteiger partial charge >= 0.3 is 0 Å². The van der Waals surface area contributed by atoms with E-state index >= 15 is 0 Å². The van der Waals surface area contributed by atoms with Crippen LogP contribution < -0.4 is 5.32 Å². The minimum absolute atomic E-state index is 0.724. The topological polar surface area (TPSA) is 15.3 Å². The molecule has 0 unspecified atom stereocenters. The van der Waals surface area contributed by atoms with Gasteiger partial charge in [0.1, 0.15) is 0 Å². The molecule has 94 valence electrons. The second kappa shape index (κ2) is 6.39. The Bertz CT molecular complexity index is 329. The number of halogens is 1. The monoisotopic (exact) mass is 252 g/mol. The molecule has 0 atom stereocenters. The first kappa shape index (κ1) is 12.9. The molecule has 1 heterocycles. The van der Waals surface area contributed by atoms with E-state index in [1.165, 1.54) is 31.5 Å². The van der Waals surface area contributed by atoms with Crippen molar-refractivity contribution in [1.82, 2.24) is 10.2 Å². The zero-order chi connectivity index (χ0) is 12.1. The van der Waals surface area contributed by atoms with Crippen LogP contribution in [0.2, 0.25) is 5.02 Å². The number of nitrogens with one attached hydrogen (secondary N) is 1. The highest BCUT2D eigenvalue weighted by atomic mass is 35.5. The fourth-order valence-corrected chi connectivity index (χ4v) is 2.51. The van der Waals surface area contributed by atoms with E-state index < -0.39 is 0 Å². The molecule has 0 spiro atoms. The quantitative estimate of drug-likeness (QED) is 0.886. The van der Waals surface area contributed by atoms with E-state index in [2.05, 4.69) is 29.4 Å². The van der Waals surface area contributed by atoms with E-state index in [0.717, 1.165) is 24.0 Å². The van der Waals surface area contributed by atoms with E-state index in [1.54, 1.807) is 0 Å². The van der Waals surface area contributed by atoms with Crippen molar-refractivity contribution in [2.45, 2.75) is 25.3 Å². The van der Waals surface area contributed by atoms with Gasteiger partial charge in [0.15, 0.2) is 0 Å². The Labute approximate surface area is 109 Å². The van der Waals surface area contributed by atoms with Crippen LogP contribution in [0.25, 0.3) is 0 Å². The molecule has 1 fully saturated rings. The van der Waals surface area contributed by atoms with Gasteiger partial charge in [0.05, 0.1) is 0 Å². The fraction of sp³-hybridized carbons (Fsp3) is 0.571. The Morgan fingerprint density at radius 3 is 2.47 bits per heavy atom. The van der Waals surface area contributed by atoms with Gasteiger partial charge in [0.25, 0.3) is 0 Å². The molecule has 0 aliphatic carbocycles. The van der Waals surface area contributed by atoms with E-state index in [9.17, 15) is 0 Å². The number of benzene rings is 1. The summed E-state index contributed by atoms with van der Waals surface area (Å²) in [5.41, 5.74) is 1.38. The van der Waals surface area contributed by atoms with Crippen LogP contribution in [0.3, 0.4) is 0 Å². The molecular formula is C14H21ClN2. The zero-order valence-corrected chi connectivity index (χ0v) is 11.2. The number of hydrogen-bond acceptors (Lipinski definition) is 2. The minimum Gasteiger partial charge on any atom is -0.317 e. The van der Waals surface area contributed by atoms with Gasteiger partial charge in [0.2, 0.25) is 0 Å². The number of nitrogens with zero attached hydrogens (tertiary/aromatic N) is 1. The molecule has 0 bridgehead atoms. The van der Waals surface area contributed by atoms with Gasteiger partial charge < -0.3 is 10.2 Å². The lowest BCUT2D eigenvalue weighted by Gasteiger charge is -2.31. The maximum atomic E-state index is 5.88. The lowest BCUT2D eigenvalue weighted by Crippen LogP contribution is -2.41. The predicted molar refractivity (Wildman–Crippen MR) is 73.7 cm³/mol. The number of likely N-dealkylation sites (tertiary alicyclic amines) is 1. The number of rotatable bonds is 4. The minimum atomic E-state index is 0.724. The van der Waals surface area contributed by atoms with Crippen LogP contribution >= 0.6 is 11.6 Å². The third kappa shape index (κ3) is 3.98. The molecule has 1 aliphatic rings. The van der Waals surface area contributed by atoms with Crippen molar-refractivity contribution < 1.29 is 0 Å². The van der Waals surface area contributed by atoms with Crippen molar-refractivity contribution in [1.29, 1.82) is 0 Å². The molecular weight excluding hydrogens is 232 g/mol. The molecule has 1 saturated heterocycles. The fourth-order valence-electron chi connectivity index (χ4n) is 2.38. The maximum absolute atomic E-state index is 5.88. The Morgan fingerprint density at radius 2 is 1.88 bits per heavy atom.